The molecule has 2 amide bonds. The number of nitrogens with zero attached hydrogens (tertiary/aromatic N) is 2. The molecule has 1 aliphatic heterocycles. The van der Waals surface area contributed by atoms with Gasteiger partial charge in [-0.3, -0.25) is 0 Å². The summed E-state index contributed by atoms with van der Waals surface area (Å²) in [5.74, 6) is 0. The first-order valence-electron chi connectivity index (χ1n) is 5.21. The van der Waals surface area contributed by atoms with Gasteiger partial charge in [-0.05, 0) is 17.7 Å². The highest BCUT2D eigenvalue weighted by molar-refractivity contribution is 5.82. The normalized spacial score (nSPS) is 12.8. The van der Waals surface area contributed by atoms with Gasteiger partial charge in [0.05, 0.1) is 5.36 Å². The molecule has 0 aromatic heterocycles. The summed E-state index contributed by atoms with van der Waals surface area (Å²) in [6.45, 7) is 0. The van der Waals surface area contributed by atoms with E-state index in [1.807, 2.05) is 30.3 Å². The lowest BCUT2D eigenvalue weighted by Gasteiger charge is -2.04. The van der Waals surface area contributed by atoms with E-state index in [0.717, 1.165) is 11.1 Å². The van der Waals surface area contributed by atoms with Gasteiger partial charge in [-0.15, -0.1) is 0 Å². The number of benzene rings is 2. The van der Waals surface area contributed by atoms with Crippen molar-refractivity contribution >= 4 is 11.7 Å². The fourth-order valence-electron chi connectivity index (χ4n) is 1.93. The predicted molar refractivity (Wildman–Crippen MR) is 64.0 cm³/mol. The summed E-state index contributed by atoms with van der Waals surface area (Å²) in [7, 11) is 0. The lowest BCUT2D eigenvalue weighted by molar-refractivity contribution is 0.256. The molecule has 17 heavy (non-hydrogen) atoms. The van der Waals surface area contributed by atoms with Crippen molar-refractivity contribution in [1.82, 2.24) is 0 Å². The number of hydrogen-bond donors (Lipinski definition) is 1. The zero-order chi connectivity index (χ0) is 11.8. The third-order valence-corrected chi connectivity index (χ3v) is 2.67. The van der Waals surface area contributed by atoms with Gasteiger partial charge < -0.3 is 5.73 Å². The fraction of sp³-hybridized carbons (Fsp3) is 0. The summed E-state index contributed by atoms with van der Waals surface area (Å²) in [5.41, 5.74) is 8.27. The lowest BCUT2D eigenvalue weighted by Crippen LogP contribution is -2.25. The van der Waals surface area contributed by atoms with E-state index in [0.29, 0.717) is 16.4 Å². The van der Waals surface area contributed by atoms with Crippen LogP contribution in [0.25, 0.3) is 11.1 Å². The Hall–Kier alpha value is -2.49. The summed E-state index contributed by atoms with van der Waals surface area (Å²) < 4.78 is 0. The molecule has 0 bridgehead atoms. The van der Waals surface area contributed by atoms with Crippen LogP contribution in [-0.4, -0.2) is 6.03 Å². The molecule has 4 heteroatoms. The number of carbonyl (C=O) groups is 1. The number of hydrogen-bond acceptors (Lipinski definition) is 2. The highest BCUT2D eigenvalue weighted by Crippen LogP contribution is 2.20. The molecule has 0 radical (unpaired) electrons. The van der Waals surface area contributed by atoms with Gasteiger partial charge in [-0.25, -0.2) is 4.79 Å². The van der Waals surface area contributed by atoms with E-state index in [1.54, 1.807) is 12.1 Å². The van der Waals surface area contributed by atoms with Crippen LogP contribution in [0, 0.1) is 0 Å². The standard InChI is InChI=1S/C13H9N3O/c14-9-6-7-10-12(16-13(17)15-10)11(9)8-4-2-1-3-5-8/h1-7H,14H2. The monoisotopic (exact) mass is 223 g/mol. The van der Waals surface area contributed by atoms with E-state index in [-0.39, 0.29) is 0 Å². The van der Waals surface area contributed by atoms with Crippen molar-refractivity contribution in [1.29, 1.82) is 0 Å². The Bertz CT molecular complexity index is 720. The van der Waals surface area contributed by atoms with Crippen LogP contribution in [0.3, 0.4) is 0 Å². The molecule has 0 spiro atoms. The summed E-state index contributed by atoms with van der Waals surface area (Å²) in [6, 6.07) is 12.6. The lowest BCUT2D eigenvalue weighted by atomic mass is 10.0. The minimum Gasteiger partial charge on any atom is -0.398 e. The van der Waals surface area contributed by atoms with Crippen molar-refractivity contribution < 1.29 is 4.79 Å². The molecule has 2 N–H and O–H groups in total. The third-order valence-electron chi connectivity index (χ3n) is 2.67. The average Bonchev–Trinajstić information content (AvgIpc) is 2.70. The van der Waals surface area contributed by atoms with E-state index < -0.39 is 6.03 Å². The van der Waals surface area contributed by atoms with Gasteiger partial charge in [-0.2, -0.15) is 9.98 Å². The van der Waals surface area contributed by atoms with Gasteiger partial charge in [0.2, 0.25) is 0 Å². The number of carbonyl (C=O) groups excluding carboxylic acids is 1. The molecule has 1 heterocycles. The number of nitrogens with two attached hydrogens (primary N) is 1. The molecule has 4 nitrogen and oxygen atoms in total. The van der Waals surface area contributed by atoms with Crippen molar-refractivity contribution in [2.75, 3.05) is 5.73 Å². The Labute approximate surface area is 97.1 Å². The first-order valence-corrected chi connectivity index (χ1v) is 5.21. The van der Waals surface area contributed by atoms with E-state index in [9.17, 15) is 4.79 Å². The fourth-order valence-corrected chi connectivity index (χ4v) is 1.93. The summed E-state index contributed by atoms with van der Waals surface area (Å²) >= 11 is 0. The maximum absolute atomic E-state index is 11.2. The maximum Gasteiger partial charge on any atom is 0.368 e. The summed E-state index contributed by atoms with van der Waals surface area (Å²) in [4.78, 5) is 18.9. The van der Waals surface area contributed by atoms with Gasteiger partial charge in [-0.1, -0.05) is 30.3 Å². The van der Waals surface area contributed by atoms with Crippen molar-refractivity contribution in [2.24, 2.45) is 9.98 Å². The molecule has 0 saturated carbocycles. The van der Waals surface area contributed by atoms with Crippen LogP contribution in [0.15, 0.2) is 52.4 Å². The summed E-state index contributed by atoms with van der Waals surface area (Å²) in [6.07, 6.45) is 0. The van der Waals surface area contributed by atoms with Crippen molar-refractivity contribution in [3.8, 4) is 11.1 Å². The van der Waals surface area contributed by atoms with Crippen LogP contribution in [0.5, 0.6) is 0 Å². The van der Waals surface area contributed by atoms with Crippen molar-refractivity contribution in [3.63, 3.8) is 0 Å². The van der Waals surface area contributed by atoms with Gasteiger partial charge in [0.15, 0.2) is 0 Å². The average molecular weight is 223 g/mol. The van der Waals surface area contributed by atoms with Crippen LogP contribution >= 0.6 is 0 Å². The third kappa shape index (κ3) is 1.50. The first kappa shape index (κ1) is 9.72. The zero-order valence-corrected chi connectivity index (χ0v) is 8.92. The Kier molecular flexibility index (Phi) is 2.01. The number of nitrogen functional groups attached to an aromatic ring is 1. The quantitative estimate of drug-likeness (QED) is 0.740. The molecule has 3 rings (SSSR count). The van der Waals surface area contributed by atoms with Crippen LogP contribution in [-0.2, 0) is 0 Å². The van der Waals surface area contributed by atoms with E-state index in [2.05, 4.69) is 9.98 Å². The number of urea groups is 1. The van der Waals surface area contributed by atoms with Crippen LogP contribution in [0.2, 0.25) is 0 Å². The van der Waals surface area contributed by atoms with Crippen LogP contribution in [0.1, 0.15) is 0 Å². The molecule has 1 aliphatic rings. The minimum absolute atomic E-state index is 0.470. The van der Waals surface area contributed by atoms with Crippen molar-refractivity contribution in [3.05, 3.63) is 53.2 Å². The number of fused-ring (bicyclic) bond motifs is 1. The minimum atomic E-state index is -0.470. The van der Waals surface area contributed by atoms with Crippen molar-refractivity contribution in [2.45, 2.75) is 0 Å². The highest BCUT2D eigenvalue weighted by Gasteiger charge is 2.12. The predicted octanol–water partition coefficient (Wildman–Crippen LogP) is 1.31. The molecule has 0 fully saturated rings. The second-order valence-corrected chi connectivity index (χ2v) is 3.77. The second-order valence-electron chi connectivity index (χ2n) is 3.77. The molecule has 0 aliphatic carbocycles. The molecule has 0 atom stereocenters. The first-order chi connectivity index (χ1) is 8.25. The van der Waals surface area contributed by atoms with Gasteiger partial charge >= 0.3 is 6.03 Å². The van der Waals surface area contributed by atoms with Gasteiger partial charge in [0, 0.05) is 11.3 Å². The Balaban J connectivity index is 2.41. The smallest absolute Gasteiger partial charge is 0.368 e. The molecular formula is C13H9N3O. The molecular weight excluding hydrogens is 214 g/mol. The van der Waals surface area contributed by atoms with Gasteiger partial charge in [0.25, 0.3) is 0 Å². The highest BCUT2D eigenvalue weighted by atomic mass is 16.2. The zero-order valence-electron chi connectivity index (χ0n) is 8.92. The topological polar surface area (TPSA) is 67.8 Å². The molecule has 2 aromatic rings. The van der Waals surface area contributed by atoms with Crippen LogP contribution < -0.4 is 16.4 Å². The maximum atomic E-state index is 11.2. The second kappa shape index (κ2) is 3.52. The Morgan fingerprint density at radius 1 is 0.941 bits per heavy atom. The van der Waals surface area contributed by atoms with E-state index in [1.165, 1.54) is 0 Å². The van der Waals surface area contributed by atoms with E-state index in [4.69, 9.17) is 5.73 Å². The number of amides is 2. The molecule has 82 valence electrons. The summed E-state index contributed by atoms with van der Waals surface area (Å²) in [5, 5.41) is 1.16. The Morgan fingerprint density at radius 2 is 1.71 bits per heavy atom. The molecule has 0 saturated heterocycles. The van der Waals surface area contributed by atoms with E-state index >= 15 is 0 Å². The Morgan fingerprint density at radius 3 is 2.47 bits per heavy atom. The molecule has 0 unspecified atom stereocenters. The SMILES string of the molecule is Nc1ccc2c(c1-c1ccccc1)=NC(=O)N=2. The number of rotatable bonds is 1. The van der Waals surface area contributed by atoms with Gasteiger partial charge in [0.1, 0.15) is 5.36 Å². The van der Waals surface area contributed by atoms with Crippen LogP contribution in [0.4, 0.5) is 10.5 Å². The largest absolute Gasteiger partial charge is 0.398 e. The molecule has 2 aromatic carbocycles. The number of anilines is 1.